The number of guanidine groups is 1. The zero-order valence-electron chi connectivity index (χ0n) is 15.6. The van der Waals surface area contributed by atoms with Gasteiger partial charge in [0.15, 0.2) is 15.8 Å². The summed E-state index contributed by atoms with van der Waals surface area (Å²) in [6, 6.07) is 11.9. The molecule has 0 amide bonds. The Kier molecular flexibility index (Phi) is 9.17. The molecule has 0 radical (unpaired) electrons. The van der Waals surface area contributed by atoms with Crippen LogP contribution in [0.3, 0.4) is 0 Å². The number of sulfone groups is 1. The summed E-state index contributed by atoms with van der Waals surface area (Å²) in [6.45, 7) is 2.94. The van der Waals surface area contributed by atoms with Gasteiger partial charge < -0.3 is 10.6 Å². The van der Waals surface area contributed by atoms with E-state index < -0.39 is 9.84 Å². The van der Waals surface area contributed by atoms with Crippen molar-refractivity contribution in [1.29, 1.82) is 0 Å². The standard InChI is InChI=1S/C19H24FN3O2S.HI/c1-14-12-16(6-9-18(14)20)13-23-19(21-2)22-11-10-15-4-7-17(8-5-15)26(3,24)25;/h4-9,12H,10-11,13H2,1-3H3,(H2,21,22,23);1H. The summed E-state index contributed by atoms with van der Waals surface area (Å²) in [7, 11) is -1.48. The fourth-order valence-electron chi connectivity index (χ4n) is 2.45. The van der Waals surface area contributed by atoms with Gasteiger partial charge in [-0.2, -0.15) is 0 Å². The van der Waals surface area contributed by atoms with E-state index in [0.717, 1.165) is 17.5 Å². The molecule has 2 aromatic carbocycles. The fraction of sp³-hybridized carbons (Fsp3) is 0.316. The highest BCUT2D eigenvalue weighted by Crippen LogP contribution is 2.11. The van der Waals surface area contributed by atoms with Gasteiger partial charge >= 0.3 is 0 Å². The lowest BCUT2D eigenvalue weighted by Gasteiger charge is -2.12. The van der Waals surface area contributed by atoms with Crippen molar-refractivity contribution in [1.82, 2.24) is 10.6 Å². The Labute approximate surface area is 177 Å². The number of hydrogen-bond donors (Lipinski definition) is 2. The maximum Gasteiger partial charge on any atom is 0.191 e. The van der Waals surface area contributed by atoms with Crippen LogP contribution in [0.15, 0.2) is 52.4 Å². The summed E-state index contributed by atoms with van der Waals surface area (Å²) < 4.78 is 36.2. The third-order valence-corrected chi connectivity index (χ3v) is 5.09. The Morgan fingerprint density at radius 3 is 2.26 bits per heavy atom. The van der Waals surface area contributed by atoms with Gasteiger partial charge in [-0.3, -0.25) is 4.99 Å². The van der Waals surface area contributed by atoms with Gasteiger partial charge in [-0.05, 0) is 48.2 Å². The first-order chi connectivity index (χ1) is 12.3. The predicted octanol–water partition coefficient (Wildman–Crippen LogP) is 3.06. The Hall–Kier alpha value is -1.68. The molecule has 0 saturated heterocycles. The van der Waals surface area contributed by atoms with Crippen LogP contribution in [0.2, 0.25) is 0 Å². The molecule has 27 heavy (non-hydrogen) atoms. The van der Waals surface area contributed by atoms with Crippen LogP contribution in [0.5, 0.6) is 0 Å². The lowest BCUT2D eigenvalue weighted by Crippen LogP contribution is -2.37. The van der Waals surface area contributed by atoms with E-state index in [1.54, 1.807) is 38.2 Å². The van der Waals surface area contributed by atoms with Crippen molar-refractivity contribution in [2.24, 2.45) is 4.99 Å². The molecule has 0 fully saturated rings. The highest BCUT2D eigenvalue weighted by Gasteiger charge is 2.06. The molecular weight excluding hydrogens is 480 g/mol. The highest BCUT2D eigenvalue weighted by atomic mass is 127. The molecule has 0 saturated carbocycles. The average Bonchev–Trinajstić information content (AvgIpc) is 2.60. The predicted molar refractivity (Wildman–Crippen MR) is 118 cm³/mol. The molecule has 8 heteroatoms. The van der Waals surface area contributed by atoms with E-state index in [1.807, 2.05) is 12.1 Å². The molecule has 0 aliphatic heterocycles. The van der Waals surface area contributed by atoms with Crippen LogP contribution in [0.1, 0.15) is 16.7 Å². The van der Waals surface area contributed by atoms with Crippen LogP contribution < -0.4 is 10.6 Å². The largest absolute Gasteiger partial charge is 0.356 e. The second-order valence-corrected chi connectivity index (χ2v) is 8.12. The highest BCUT2D eigenvalue weighted by molar-refractivity contribution is 14.0. The lowest BCUT2D eigenvalue weighted by atomic mass is 10.1. The smallest absolute Gasteiger partial charge is 0.191 e. The number of nitrogens with zero attached hydrogens (tertiary/aromatic N) is 1. The van der Waals surface area contributed by atoms with Crippen molar-refractivity contribution in [2.45, 2.75) is 24.8 Å². The molecule has 0 atom stereocenters. The third-order valence-electron chi connectivity index (χ3n) is 3.96. The number of benzene rings is 2. The van der Waals surface area contributed by atoms with Crippen LogP contribution in [0, 0.1) is 12.7 Å². The van der Waals surface area contributed by atoms with Crippen molar-refractivity contribution in [2.75, 3.05) is 19.8 Å². The van der Waals surface area contributed by atoms with Gasteiger partial charge in [0.2, 0.25) is 0 Å². The van der Waals surface area contributed by atoms with Crippen molar-refractivity contribution in [3.8, 4) is 0 Å². The molecule has 2 N–H and O–H groups in total. The van der Waals surface area contributed by atoms with Crippen molar-refractivity contribution < 1.29 is 12.8 Å². The summed E-state index contributed by atoms with van der Waals surface area (Å²) in [6.07, 6.45) is 1.93. The quantitative estimate of drug-likeness (QED) is 0.360. The Balaban J connectivity index is 0.00000364. The van der Waals surface area contributed by atoms with Crippen LogP contribution in [0.25, 0.3) is 0 Å². The second-order valence-electron chi connectivity index (χ2n) is 6.10. The van der Waals surface area contributed by atoms with Gasteiger partial charge in [0.1, 0.15) is 5.82 Å². The first kappa shape index (κ1) is 23.4. The van der Waals surface area contributed by atoms with E-state index in [-0.39, 0.29) is 29.8 Å². The Morgan fingerprint density at radius 2 is 1.70 bits per heavy atom. The average molecular weight is 505 g/mol. The molecule has 0 aromatic heterocycles. The topological polar surface area (TPSA) is 70.6 Å². The minimum absolute atomic E-state index is 0. The number of aryl methyl sites for hydroxylation is 1. The van der Waals surface area contributed by atoms with E-state index in [2.05, 4.69) is 15.6 Å². The lowest BCUT2D eigenvalue weighted by molar-refractivity contribution is 0.602. The summed E-state index contributed by atoms with van der Waals surface area (Å²) in [4.78, 5) is 4.48. The minimum Gasteiger partial charge on any atom is -0.356 e. The molecule has 0 spiro atoms. The molecule has 148 valence electrons. The summed E-state index contributed by atoms with van der Waals surface area (Å²) >= 11 is 0. The van der Waals surface area contributed by atoms with Gasteiger partial charge in [-0.15, -0.1) is 24.0 Å². The minimum atomic E-state index is -3.17. The first-order valence-corrected chi connectivity index (χ1v) is 10.2. The third kappa shape index (κ3) is 7.45. The van der Waals surface area contributed by atoms with Gasteiger partial charge in [0.25, 0.3) is 0 Å². The summed E-state index contributed by atoms with van der Waals surface area (Å²) in [5.74, 6) is 0.442. The number of rotatable bonds is 6. The van der Waals surface area contributed by atoms with Crippen LogP contribution in [-0.4, -0.2) is 34.2 Å². The van der Waals surface area contributed by atoms with Crippen molar-refractivity contribution in [3.63, 3.8) is 0 Å². The zero-order valence-corrected chi connectivity index (χ0v) is 18.8. The van der Waals surface area contributed by atoms with Gasteiger partial charge in [-0.1, -0.05) is 24.3 Å². The monoisotopic (exact) mass is 505 g/mol. The Morgan fingerprint density at radius 1 is 1.07 bits per heavy atom. The normalized spacial score (nSPS) is 11.6. The maximum atomic E-state index is 13.3. The molecule has 0 heterocycles. The van der Waals surface area contributed by atoms with Gasteiger partial charge in [0, 0.05) is 26.4 Å². The number of nitrogens with one attached hydrogen (secondary N) is 2. The van der Waals surface area contributed by atoms with E-state index in [0.29, 0.717) is 29.5 Å². The maximum absolute atomic E-state index is 13.3. The number of halogens is 2. The molecule has 0 bridgehead atoms. The molecule has 2 aromatic rings. The first-order valence-electron chi connectivity index (χ1n) is 8.28. The molecule has 0 aliphatic rings. The molecule has 5 nitrogen and oxygen atoms in total. The van der Waals surface area contributed by atoms with Crippen LogP contribution >= 0.6 is 24.0 Å². The molecule has 0 unspecified atom stereocenters. The van der Waals surface area contributed by atoms with Crippen LogP contribution in [0.4, 0.5) is 4.39 Å². The van der Waals surface area contributed by atoms with E-state index in [4.69, 9.17) is 0 Å². The van der Waals surface area contributed by atoms with E-state index in [1.165, 1.54) is 12.3 Å². The number of hydrogen-bond acceptors (Lipinski definition) is 3. The zero-order chi connectivity index (χ0) is 19.2. The second kappa shape index (κ2) is 10.6. The summed E-state index contributed by atoms with van der Waals surface area (Å²) in [5, 5.41) is 6.39. The fourth-order valence-corrected chi connectivity index (χ4v) is 3.08. The van der Waals surface area contributed by atoms with E-state index >= 15 is 0 Å². The Bertz CT molecular complexity index is 884. The molecule has 0 aliphatic carbocycles. The SMILES string of the molecule is CN=C(NCCc1ccc(S(C)(=O)=O)cc1)NCc1ccc(F)c(C)c1.I. The van der Waals surface area contributed by atoms with Gasteiger partial charge in [0.05, 0.1) is 4.90 Å². The van der Waals surface area contributed by atoms with Gasteiger partial charge in [-0.25, -0.2) is 12.8 Å². The van der Waals surface area contributed by atoms with Crippen LogP contribution in [-0.2, 0) is 22.8 Å². The van der Waals surface area contributed by atoms with Crippen molar-refractivity contribution in [3.05, 3.63) is 65.0 Å². The molecular formula is C19H25FIN3O2S. The summed E-state index contributed by atoms with van der Waals surface area (Å²) in [5.41, 5.74) is 2.63. The number of aliphatic imine (C=N–C) groups is 1. The molecule has 2 rings (SSSR count). The van der Waals surface area contributed by atoms with Crippen molar-refractivity contribution >= 4 is 39.8 Å². The van der Waals surface area contributed by atoms with E-state index in [9.17, 15) is 12.8 Å².